The number of nitrogens with zero attached hydrogens (tertiary/aromatic N) is 6. The summed E-state index contributed by atoms with van der Waals surface area (Å²) in [6, 6.07) is 24.7. The predicted molar refractivity (Wildman–Crippen MR) is 128 cm³/mol. The zero-order valence-electron chi connectivity index (χ0n) is 18.0. The molecule has 0 amide bonds. The summed E-state index contributed by atoms with van der Waals surface area (Å²) in [6.45, 7) is 3.33. The highest BCUT2D eigenvalue weighted by molar-refractivity contribution is 5.82. The van der Waals surface area contributed by atoms with Crippen LogP contribution in [0.3, 0.4) is 0 Å². The van der Waals surface area contributed by atoms with Crippen LogP contribution in [0.4, 0.5) is 5.69 Å². The topological polar surface area (TPSA) is 69.0 Å². The van der Waals surface area contributed by atoms with Crippen LogP contribution >= 0.6 is 0 Å². The molecule has 162 valence electrons. The lowest BCUT2D eigenvalue weighted by Gasteiger charge is -2.29. The number of hydrogen-bond donors (Lipinski definition) is 0. The van der Waals surface area contributed by atoms with Crippen LogP contribution in [0.1, 0.15) is 0 Å². The lowest BCUT2D eigenvalue weighted by molar-refractivity contribution is 0.122. The second-order valence-electron chi connectivity index (χ2n) is 7.93. The molecule has 7 nitrogen and oxygen atoms in total. The number of fused-ring (bicyclic) bond motifs is 1. The lowest BCUT2D eigenvalue weighted by Crippen LogP contribution is -2.36. The van der Waals surface area contributed by atoms with Crippen LogP contribution in [-0.4, -0.2) is 51.0 Å². The van der Waals surface area contributed by atoms with Gasteiger partial charge in [0.05, 0.1) is 31.3 Å². The van der Waals surface area contributed by atoms with Crippen LogP contribution in [0.2, 0.25) is 0 Å². The van der Waals surface area contributed by atoms with Gasteiger partial charge in [-0.1, -0.05) is 30.3 Å². The van der Waals surface area contributed by atoms with Crippen LogP contribution in [-0.2, 0) is 4.74 Å². The third-order valence-corrected chi connectivity index (χ3v) is 5.88. The molecule has 1 aliphatic heterocycles. The standard InChI is InChI=1S/C26H22N6O/c1-2-6-21(7-3-1)32-25(20-11-12-27-28-18-20)30-24-10-9-23(29-26(24)32)19-5-4-8-22(17-19)31-13-15-33-16-14-31/h1-12,17-18H,13-16H2. The Kier molecular flexibility index (Phi) is 5.01. The van der Waals surface area contributed by atoms with Gasteiger partial charge in [-0.2, -0.15) is 10.2 Å². The number of benzene rings is 2. The predicted octanol–water partition coefficient (Wildman–Crippen LogP) is 4.38. The number of pyridine rings is 1. The van der Waals surface area contributed by atoms with Crippen molar-refractivity contribution in [3.63, 3.8) is 0 Å². The Bertz CT molecular complexity index is 1390. The Hall–Kier alpha value is -4.10. The number of anilines is 1. The molecule has 7 heteroatoms. The summed E-state index contributed by atoms with van der Waals surface area (Å²) in [5.74, 6) is 0.790. The van der Waals surface area contributed by atoms with Gasteiger partial charge in [0.15, 0.2) is 5.65 Å². The minimum absolute atomic E-state index is 0.761. The van der Waals surface area contributed by atoms with E-state index in [1.807, 2.05) is 36.4 Å². The molecule has 33 heavy (non-hydrogen) atoms. The molecule has 2 aromatic carbocycles. The van der Waals surface area contributed by atoms with E-state index in [0.29, 0.717) is 0 Å². The molecule has 0 aliphatic carbocycles. The molecule has 0 unspecified atom stereocenters. The number of hydrogen-bond acceptors (Lipinski definition) is 6. The fourth-order valence-electron chi connectivity index (χ4n) is 4.24. The van der Waals surface area contributed by atoms with Crippen molar-refractivity contribution < 1.29 is 4.74 Å². The van der Waals surface area contributed by atoms with Crippen LogP contribution in [0.5, 0.6) is 0 Å². The van der Waals surface area contributed by atoms with Gasteiger partial charge in [-0.25, -0.2) is 9.97 Å². The number of para-hydroxylation sites is 1. The van der Waals surface area contributed by atoms with Crippen molar-refractivity contribution in [2.75, 3.05) is 31.2 Å². The summed E-state index contributed by atoms with van der Waals surface area (Å²) in [5.41, 5.74) is 6.71. The quantitative estimate of drug-likeness (QED) is 0.418. The van der Waals surface area contributed by atoms with Gasteiger partial charge in [-0.05, 0) is 42.5 Å². The summed E-state index contributed by atoms with van der Waals surface area (Å²) in [6.07, 6.45) is 3.41. The molecule has 0 N–H and O–H groups in total. The molecule has 0 saturated carbocycles. The zero-order valence-corrected chi connectivity index (χ0v) is 18.0. The molecular weight excluding hydrogens is 412 g/mol. The monoisotopic (exact) mass is 434 g/mol. The van der Waals surface area contributed by atoms with Crippen molar-refractivity contribution >= 4 is 16.9 Å². The van der Waals surface area contributed by atoms with Crippen LogP contribution in [0.15, 0.2) is 85.2 Å². The molecule has 0 atom stereocenters. The maximum absolute atomic E-state index is 5.51. The fraction of sp³-hybridized carbons (Fsp3) is 0.154. The molecule has 1 saturated heterocycles. The van der Waals surface area contributed by atoms with E-state index in [9.17, 15) is 0 Å². The molecule has 1 aliphatic rings. The maximum Gasteiger partial charge on any atom is 0.165 e. The number of ether oxygens (including phenoxy) is 1. The van der Waals surface area contributed by atoms with Gasteiger partial charge in [-0.3, -0.25) is 4.57 Å². The third-order valence-electron chi connectivity index (χ3n) is 5.88. The maximum atomic E-state index is 5.51. The van der Waals surface area contributed by atoms with E-state index in [2.05, 4.69) is 56.1 Å². The normalized spacial score (nSPS) is 14.0. The van der Waals surface area contributed by atoms with E-state index in [1.165, 1.54) is 5.69 Å². The lowest BCUT2D eigenvalue weighted by atomic mass is 10.1. The summed E-state index contributed by atoms with van der Waals surface area (Å²) in [7, 11) is 0. The zero-order chi connectivity index (χ0) is 22.0. The molecule has 6 rings (SSSR count). The summed E-state index contributed by atoms with van der Waals surface area (Å²) >= 11 is 0. The smallest absolute Gasteiger partial charge is 0.165 e. The SMILES string of the molecule is c1ccc(-n2c(-c3ccnnc3)nc3ccc(-c4cccc(N5CCOCC5)c4)nc32)cc1. The van der Waals surface area contributed by atoms with E-state index in [1.54, 1.807) is 12.4 Å². The first-order chi connectivity index (χ1) is 16.4. The highest BCUT2D eigenvalue weighted by Crippen LogP contribution is 2.30. The second-order valence-corrected chi connectivity index (χ2v) is 7.93. The number of imidazole rings is 1. The van der Waals surface area contributed by atoms with E-state index >= 15 is 0 Å². The van der Waals surface area contributed by atoms with E-state index in [0.717, 1.165) is 65.8 Å². The molecule has 0 bridgehead atoms. The first-order valence-electron chi connectivity index (χ1n) is 11.0. The number of rotatable bonds is 4. The molecule has 4 heterocycles. The minimum Gasteiger partial charge on any atom is -0.378 e. The van der Waals surface area contributed by atoms with Crippen molar-refractivity contribution in [3.8, 4) is 28.3 Å². The average Bonchev–Trinajstić information content (AvgIpc) is 3.29. The highest BCUT2D eigenvalue weighted by Gasteiger charge is 2.17. The number of morpholine rings is 1. The Morgan fingerprint density at radius 1 is 0.727 bits per heavy atom. The van der Waals surface area contributed by atoms with Crippen LogP contribution in [0.25, 0.3) is 39.5 Å². The first kappa shape index (κ1) is 19.6. The average molecular weight is 435 g/mol. The van der Waals surface area contributed by atoms with Gasteiger partial charge in [0.1, 0.15) is 11.3 Å². The van der Waals surface area contributed by atoms with Crippen molar-refractivity contribution in [2.45, 2.75) is 0 Å². The summed E-state index contributed by atoms with van der Waals surface area (Å²) in [4.78, 5) is 12.3. The third kappa shape index (κ3) is 3.72. The second kappa shape index (κ2) is 8.44. The van der Waals surface area contributed by atoms with Gasteiger partial charge >= 0.3 is 0 Å². The van der Waals surface area contributed by atoms with Crippen LogP contribution in [0, 0.1) is 0 Å². The Morgan fingerprint density at radius 3 is 2.39 bits per heavy atom. The van der Waals surface area contributed by atoms with Crippen molar-refractivity contribution in [1.82, 2.24) is 24.7 Å². The molecular formula is C26H22N6O. The Labute approximate surface area is 191 Å². The fourth-order valence-corrected chi connectivity index (χ4v) is 4.24. The van der Waals surface area contributed by atoms with Crippen LogP contribution < -0.4 is 4.90 Å². The van der Waals surface area contributed by atoms with E-state index < -0.39 is 0 Å². The summed E-state index contributed by atoms with van der Waals surface area (Å²) in [5, 5.41) is 7.96. The molecule has 0 spiro atoms. The minimum atomic E-state index is 0.761. The molecule has 1 fully saturated rings. The summed E-state index contributed by atoms with van der Waals surface area (Å²) < 4.78 is 7.59. The van der Waals surface area contributed by atoms with Crippen molar-refractivity contribution in [3.05, 3.63) is 85.2 Å². The molecule has 0 radical (unpaired) electrons. The Balaban J connectivity index is 1.50. The van der Waals surface area contributed by atoms with Gasteiger partial charge in [-0.15, -0.1) is 0 Å². The largest absolute Gasteiger partial charge is 0.378 e. The number of aromatic nitrogens is 5. The van der Waals surface area contributed by atoms with E-state index in [4.69, 9.17) is 14.7 Å². The highest BCUT2D eigenvalue weighted by atomic mass is 16.5. The van der Waals surface area contributed by atoms with E-state index in [-0.39, 0.29) is 0 Å². The van der Waals surface area contributed by atoms with Gasteiger partial charge in [0, 0.05) is 35.6 Å². The Morgan fingerprint density at radius 2 is 1.58 bits per heavy atom. The molecule has 5 aromatic rings. The van der Waals surface area contributed by atoms with Crippen molar-refractivity contribution in [2.24, 2.45) is 0 Å². The molecule has 3 aromatic heterocycles. The van der Waals surface area contributed by atoms with Crippen molar-refractivity contribution in [1.29, 1.82) is 0 Å². The first-order valence-corrected chi connectivity index (χ1v) is 11.0. The van der Waals surface area contributed by atoms with Gasteiger partial charge < -0.3 is 9.64 Å². The van der Waals surface area contributed by atoms with Gasteiger partial charge in [0.25, 0.3) is 0 Å². The van der Waals surface area contributed by atoms with Gasteiger partial charge in [0.2, 0.25) is 0 Å².